The molecule has 96 heavy (non-hydrogen) atoms. The van der Waals surface area contributed by atoms with Gasteiger partial charge in [0, 0.05) is 0 Å². The zero-order valence-corrected chi connectivity index (χ0v) is 52.1. The molecule has 6 heteroatoms. The van der Waals surface area contributed by atoms with Gasteiger partial charge in [-0.15, -0.1) is 0 Å². The Bertz CT molecular complexity index is 4250. The lowest BCUT2D eigenvalue weighted by atomic mass is 9.80. The average Bonchev–Trinajstić information content (AvgIpc) is 0.696. The first-order valence-electron chi connectivity index (χ1n) is 31.7. The first kappa shape index (κ1) is 61.9. The van der Waals surface area contributed by atoms with Gasteiger partial charge in [-0.2, -0.15) is 0 Å². The summed E-state index contributed by atoms with van der Waals surface area (Å²) < 4.78 is 0. The molecule has 6 nitrogen and oxygen atoms in total. The molecule has 0 unspecified atom stereocenters. The fraction of sp³-hybridized carbons (Fsp3) is 0. The first-order chi connectivity index (χ1) is 47.3. The number of hydrogen-bond donors (Lipinski definition) is 0. The monoisotopic (exact) mass is 1240 g/mol. The van der Waals surface area contributed by atoms with Crippen LogP contribution in [0.1, 0.15) is 66.8 Å². The summed E-state index contributed by atoms with van der Waals surface area (Å²) in [5, 5.41) is 6.59. The van der Waals surface area contributed by atoms with Crippen molar-refractivity contribution in [3.05, 3.63) is 462 Å². The van der Waals surface area contributed by atoms with Crippen LogP contribution in [0.4, 0.5) is 0 Å². The van der Waals surface area contributed by atoms with E-state index in [1.54, 1.807) is 0 Å². The minimum atomic E-state index is -1.73. The second kappa shape index (κ2) is 28.7. The number of Topliss-reactive ketones (excluding diaryl/α,β-unsaturated/α-hetero) is 6. The Hall–Kier alpha value is -12.9. The lowest BCUT2D eigenvalue weighted by Gasteiger charge is -2.23. The van der Waals surface area contributed by atoms with Crippen molar-refractivity contribution in [2.24, 2.45) is 0 Å². The highest BCUT2D eigenvalue weighted by atomic mass is 16.2. The van der Waals surface area contributed by atoms with E-state index in [0.717, 1.165) is 132 Å². The van der Waals surface area contributed by atoms with Gasteiger partial charge in [-0.25, -0.2) is 0 Å². The molecule has 0 radical (unpaired) electrons. The van der Waals surface area contributed by atoms with Crippen LogP contribution in [0.5, 0.6) is 0 Å². The van der Waals surface area contributed by atoms with Crippen LogP contribution in [0.3, 0.4) is 0 Å². The highest BCUT2D eigenvalue weighted by Crippen LogP contribution is 2.28. The SMILES string of the molecule is O=C1C(=O)C(=O)C(=O)C(=O)C1=O.c1ccc(C(c2ccccc2)=c2c(=C(c3ccccc3)c3ccccc3)c(=C(c3ccccc3)c3ccccc3)c(=C(c3ccccc3)c3ccccc3)c(=C(c3ccccc3)c3ccccc3)c2=C(c2ccccc2)c2ccccc2)cc1. The standard InChI is InChI=1S/C84H60.C6O6/c1-13-37-61(38-14-1)73(62-39-15-2-16-40-62)79-80(74(63-41-17-3-18-42-63)64-43-19-4-20-44-64)82(76(67-49-25-7-26-50-67)68-51-27-8-28-52-68)84(78(71-57-33-11-34-58-71)72-59-35-12-36-60-72)83(77(69-53-29-9-30-54-69)70-55-31-10-32-56-70)81(79)75(65-45-21-5-22-46-65)66-47-23-6-24-48-66;7-1-2(8)4(10)6(12)5(11)3(1)9/h1-60H;. The van der Waals surface area contributed by atoms with E-state index in [1.165, 1.54) is 0 Å². The molecule has 0 spiro atoms. The van der Waals surface area contributed by atoms with Crippen LogP contribution in [0.15, 0.2) is 364 Å². The van der Waals surface area contributed by atoms with Crippen molar-refractivity contribution in [1.82, 2.24) is 0 Å². The lowest BCUT2D eigenvalue weighted by molar-refractivity contribution is -0.158. The molecule has 0 heterocycles. The van der Waals surface area contributed by atoms with Gasteiger partial charge >= 0.3 is 0 Å². The highest BCUT2D eigenvalue weighted by Gasteiger charge is 2.47. The van der Waals surface area contributed by atoms with Gasteiger partial charge in [-0.05, 0) is 132 Å². The second-order valence-electron chi connectivity index (χ2n) is 22.9. The van der Waals surface area contributed by atoms with E-state index in [1.807, 2.05) is 0 Å². The van der Waals surface area contributed by atoms with E-state index in [0.29, 0.717) is 0 Å². The summed E-state index contributed by atoms with van der Waals surface area (Å²) in [6.07, 6.45) is 0. The number of carbonyl (C=O) groups is 6. The molecule has 14 rings (SSSR count). The number of benzene rings is 13. The molecule has 0 bridgehead atoms. The normalized spacial score (nSPS) is 11.9. The Morgan fingerprint density at radius 1 is 0.115 bits per heavy atom. The minimum absolute atomic E-state index is 1.09. The van der Waals surface area contributed by atoms with Crippen molar-refractivity contribution in [3.63, 3.8) is 0 Å². The van der Waals surface area contributed by atoms with Crippen LogP contribution in [-0.2, 0) is 28.8 Å². The molecule has 1 aliphatic rings. The van der Waals surface area contributed by atoms with Gasteiger partial charge in [0.1, 0.15) is 0 Å². The summed E-state index contributed by atoms with van der Waals surface area (Å²) >= 11 is 0. The van der Waals surface area contributed by atoms with E-state index in [4.69, 9.17) is 0 Å². The summed E-state index contributed by atoms with van der Waals surface area (Å²) in [5.74, 6) is -10.4. The largest absolute Gasteiger partial charge is 0.281 e. The third-order valence-electron chi connectivity index (χ3n) is 17.0. The molecule has 0 N–H and O–H groups in total. The van der Waals surface area contributed by atoms with Crippen LogP contribution >= 0.6 is 0 Å². The Balaban J connectivity index is 0.000000628. The highest BCUT2D eigenvalue weighted by molar-refractivity contribution is 7.08. The van der Waals surface area contributed by atoms with E-state index >= 15 is 0 Å². The van der Waals surface area contributed by atoms with E-state index in [-0.39, 0.29) is 0 Å². The second-order valence-corrected chi connectivity index (χ2v) is 22.9. The number of rotatable bonds is 12. The predicted molar refractivity (Wildman–Crippen MR) is 381 cm³/mol. The molecule has 0 aromatic heterocycles. The maximum Gasteiger partial charge on any atom is 0.281 e. The van der Waals surface area contributed by atoms with Crippen molar-refractivity contribution >= 4 is 68.1 Å². The summed E-state index contributed by atoms with van der Waals surface area (Å²) in [6, 6.07) is 134. The molecule has 0 saturated heterocycles. The smallest absolute Gasteiger partial charge is 0.281 e. The van der Waals surface area contributed by atoms with Crippen LogP contribution in [0.25, 0.3) is 33.4 Å². The maximum atomic E-state index is 10.4. The molecule has 456 valence electrons. The van der Waals surface area contributed by atoms with Gasteiger partial charge < -0.3 is 0 Å². The molecule has 13 aromatic carbocycles. The van der Waals surface area contributed by atoms with Crippen LogP contribution in [-0.4, -0.2) is 34.7 Å². The van der Waals surface area contributed by atoms with Gasteiger partial charge in [-0.1, -0.05) is 364 Å². The van der Waals surface area contributed by atoms with Gasteiger partial charge in [-0.3, -0.25) is 28.8 Å². The van der Waals surface area contributed by atoms with Gasteiger partial charge in [0.25, 0.3) is 34.7 Å². The average molecular weight is 1240 g/mol. The minimum Gasteiger partial charge on any atom is -0.281 e. The first-order valence-corrected chi connectivity index (χ1v) is 31.7. The fourth-order valence-electron chi connectivity index (χ4n) is 12.9. The summed E-state index contributed by atoms with van der Waals surface area (Å²) in [5.41, 5.74) is 19.7. The Labute approximate surface area is 555 Å². The van der Waals surface area contributed by atoms with Crippen molar-refractivity contribution < 1.29 is 28.8 Å². The van der Waals surface area contributed by atoms with Crippen molar-refractivity contribution in [2.45, 2.75) is 0 Å². The Morgan fingerprint density at radius 3 is 0.260 bits per heavy atom. The van der Waals surface area contributed by atoms with E-state index in [2.05, 4.69) is 364 Å². The molecule has 1 saturated carbocycles. The molecule has 13 aromatic rings. The van der Waals surface area contributed by atoms with Crippen molar-refractivity contribution in [3.8, 4) is 0 Å². The maximum absolute atomic E-state index is 10.4. The molecule has 0 aliphatic heterocycles. The van der Waals surface area contributed by atoms with Crippen LogP contribution < -0.4 is 31.3 Å². The van der Waals surface area contributed by atoms with E-state index < -0.39 is 34.7 Å². The van der Waals surface area contributed by atoms with Gasteiger partial charge in [0.05, 0.1) is 0 Å². The number of hydrogen-bond acceptors (Lipinski definition) is 6. The molecule has 1 aliphatic carbocycles. The molecule has 1 fully saturated rings. The lowest BCUT2D eigenvalue weighted by Crippen LogP contribution is -2.69. The van der Waals surface area contributed by atoms with Crippen LogP contribution in [0, 0.1) is 0 Å². The molecule has 0 amide bonds. The topological polar surface area (TPSA) is 102 Å². The summed E-state index contributed by atoms with van der Waals surface area (Å²) in [6.45, 7) is 0. The fourth-order valence-corrected chi connectivity index (χ4v) is 12.9. The molecular formula is C90H60O6. The number of carbonyl (C=O) groups excluding carboxylic acids is 6. The summed E-state index contributed by atoms with van der Waals surface area (Å²) in [4.78, 5) is 62.4. The molecule has 0 atom stereocenters. The molecular weight excluding hydrogens is 1180 g/mol. The van der Waals surface area contributed by atoms with E-state index in [9.17, 15) is 28.8 Å². The van der Waals surface area contributed by atoms with Gasteiger partial charge in [0.15, 0.2) is 0 Å². The number of ketones is 6. The zero-order chi connectivity index (χ0) is 65.7. The third kappa shape index (κ3) is 12.6. The Kier molecular flexibility index (Phi) is 18.5. The van der Waals surface area contributed by atoms with Crippen molar-refractivity contribution in [1.29, 1.82) is 0 Å². The third-order valence-corrected chi connectivity index (χ3v) is 17.0. The summed E-state index contributed by atoms with van der Waals surface area (Å²) in [7, 11) is 0. The Morgan fingerprint density at radius 2 is 0.188 bits per heavy atom. The van der Waals surface area contributed by atoms with Crippen molar-refractivity contribution in [2.75, 3.05) is 0 Å². The van der Waals surface area contributed by atoms with Crippen LogP contribution in [0.2, 0.25) is 0 Å². The quantitative estimate of drug-likeness (QED) is 0.113. The van der Waals surface area contributed by atoms with Gasteiger partial charge in [0.2, 0.25) is 0 Å². The predicted octanol–water partition coefficient (Wildman–Crippen LogP) is 12.6. The zero-order valence-electron chi connectivity index (χ0n) is 52.1.